The summed E-state index contributed by atoms with van der Waals surface area (Å²) in [5, 5.41) is 12.3. The summed E-state index contributed by atoms with van der Waals surface area (Å²) in [5.74, 6) is -5.02. The average molecular weight is 789 g/mol. The predicted octanol–water partition coefficient (Wildman–Crippen LogP) is 1.54. The number of esters is 5. The lowest BCUT2D eigenvalue weighted by Crippen LogP contribution is -2.68. The number of nitriles is 1. The number of hydrogen-bond acceptors (Lipinski definition) is 18. The topological polar surface area (TPSA) is 231 Å². The van der Waals surface area contributed by atoms with Crippen LogP contribution in [0.1, 0.15) is 69.2 Å². The maximum Gasteiger partial charge on any atom is 0.303 e. The van der Waals surface area contributed by atoms with Gasteiger partial charge in [-0.1, -0.05) is 20.8 Å². The van der Waals surface area contributed by atoms with Gasteiger partial charge < -0.3 is 52.7 Å². The minimum Gasteiger partial charge on any atom is -0.463 e. The van der Waals surface area contributed by atoms with E-state index in [1.54, 1.807) is 13.8 Å². The number of carbonyl (C=O) groups excluding carboxylic acids is 6. The average Bonchev–Trinajstić information content (AvgIpc) is 3.06. The zero-order valence-corrected chi connectivity index (χ0v) is 33.0. The first-order valence-corrected chi connectivity index (χ1v) is 18.7. The van der Waals surface area contributed by atoms with Gasteiger partial charge in [-0.3, -0.25) is 28.8 Å². The highest BCUT2D eigenvalue weighted by Crippen LogP contribution is 2.40. The van der Waals surface area contributed by atoms with Gasteiger partial charge in [0.15, 0.2) is 24.8 Å². The number of carbonyl (C=O) groups is 6. The van der Waals surface area contributed by atoms with Gasteiger partial charge in [-0.2, -0.15) is 5.26 Å². The molecule has 19 heteroatoms. The van der Waals surface area contributed by atoms with Gasteiger partial charge in [0.2, 0.25) is 5.91 Å². The molecule has 3 saturated heterocycles. The third kappa shape index (κ3) is 12.2. The van der Waals surface area contributed by atoms with Crippen molar-refractivity contribution >= 4 is 47.5 Å². The van der Waals surface area contributed by atoms with Crippen molar-refractivity contribution in [2.24, 2.45) is 17.8 Å². The molecule has 0 spiro atoms. The molecule has 18 nitrogen and oxygen atoms in total. The number of rotatable bonds is 14. The number of ether oxygens (including phenoxy) is 10. The summed E-state index contributed by atoms with van der Waals surface area (Å²) >= 11 is 1.02. The zero-order chi connectivity index (χ0) is 40.4. The summed E-state index contributed by atoms with van der Waals surface area (Å²) in [7, 11) is 0. The standard InChI is InChI=1S/C35H52N2O16S/c1-15-16(2)29(48-23(9)42)33(50-25(15)13-44-20(6)39)53-31-27(37-19(5)38)35(54-12-11-36)51-26(14-45-21(7)40)30(31)52-34-32(49-24(10)43)28(47-22(8)41)17(3)18(4)46-34/h15-18,25-35H,12-14H2,1-10H3,(H,37,38)/t15-,16?,17-,18?,25+,26+,27?,28?,29?,30-,31?,32+,33+,34+,35+/m1/s1. The smallest absolute Gasteiger partial charge is 0.303 e. The summed E-state index contributed by atoms with van der Waals surface area (Å²) in [6, 6.07) is 0.916. The Bertz CT molecular complexity index is 1390. The van der Waals surface area contributed by atoms with E-state index < -0.39 is 127 Å². The molecule has 0 aromatic carbocycles. The minimum atomic E-state index is -1.45. The molecule has 1 N–H and O–H groups in total. The predicted molar refractivity (Wildman–Crippen MR) is 184 cm³/mol. The normalized spacial score (nSPS) is 36.4. The fourth-order valence-corrected chi connectivity index (χ4v) is 7.45. The van der Waals surface area contributed by atoms with Gasteiger partial charge in [0.05, 0.1) is 30.1 Å². The maximum atomic E-state index is 12.8. The van der Waals surface area contributed by atoms with E-state index in [-0.39, 0.29) is 18.3 Å². The third-order valence-corrected chi connectivity index (χ3v) is 10.5. The summed E-state index contributed by atoms with van der Waals surface area (Å²) in [6.07, 6.45) is -11.4. The quantitative estimate of drug-likeness (QED) is 0.194. The Morgan fingerprint density at radius 3 is 1.67 bits per heavy atom. The lowest BCUT2D eigenvalue weighted by atomic mass is 9.83. The van der Waals surface area contributed by atoms with Crippen LogP contribution in [0.2, 0.25) is 0 Å². The monoisotopic (exact) mass is 788 g/mol. The zero-order valence-electron chi connectivity index (χ0n) is 32.2. The molecule has 304 valence electrons. The highest BCUT2D eigenvalue weighted by molar-refractivity contribution is 8.00. The van der Waals surface area contributed by atoms with Crippen molar-refractivity contribution in [3.8, 4) is 6.07 Å². The van der Waals surface area contributed by atoms with Gasteiger partial charge in [-0.25, -0.2) is 0 Å². The van der Waals surface area contributed by atoms with Crippen LogP contribution in [0.15, 0.2) is 0 Å². The third-order valence-electron chi connectivity index (χ3n) is 9.43. The molecule has 3 aliphatic heterocycles. The van der Waals surface area contributed by atoms with Crippen molar-refractivity contribution in [2.45, 2.75) is 142 Å². The first-order valence-electron chi connectivity index (χ1n) is 17.7. The molecular weight excluding hydrogens is 736 g/mol. The Hall–Kier alpha value is -3.54. The van der Waals surface area contributed by atoms with Crippen LogP contribution in [0.25, 0.3) is 0 Å². The second kappa shape index (κ2) is 20.4. The van der Waals surface area contributed by atoms with Crippen molar-refractivity contribution in [2.75, 3.05) is 19.0 Å². The Labute approximate surface area is 318 Å². The Kier molecular flexibility index (Phi) is 16.9. The second-order valence-corrected chi connectivity index (χ2v) is 14.7. The second-order valence-electron chi connectivity index (χ2n) is 13.6. The van der Waals surface area contributed by atoms with E-state index in [4.69, 9.17) is 47.4 Å². The van der Waals surface area contributed by atoms with Gasteiger partial charge in [-0.05, 0) is 12.8 Å². The number of nitrogens with zero attached hydrogens (tertiary/aromatic N) is 1. The molecule has 3 heterocycles. The highest BCUT2D eigenvalue weighted by Gasteiger charge is 2.56. The van der Waals surface area contributed by atoms with Crippen molar-refractivity contribution in [3.05, 3.63) is 0 Å². The highest BCUT2D eigenvalue weighted by atomic mass is 32.2. The number of amides is 1. The first-order chi connectivity index (χ1) is 25.3. The molecule has 3 fully saturated rings. The lowest BCUT2D eigenvalue weighted by Gasteiger charge is -2.51. The SMILES string of the molecule is CC(=O)NC1C(O[C@@H]2O[C@@H](COC(C)=O)[C@H](C)C(C)C2OC(C)=O)[C@H](O[C@@H]2OC(C)[C@@H](C)C(OC(C)=O)[C@@H]2OC(C)=O)[C@H](COC(C)=O)O[C@H]1SCC#N. The molecule has 0 saturated carbocycles. The molecule has 1 amide bonds. The van der Waals surface area contributed by atoms with Crippen molar-refractivity contribution in [1.82, 2.24) is 5.32 Å². The van der Waals surface area contributed by atoms with Crippen LogP contribution >= 0.6 is 11.8 Å². The van der Waals surface area contributed by atoms with Crippen LogP contribution < -0.4 is 5.32 Å². The molecule has 0 radical (unpaired) electrons. The van der Waals surface area contributed by atoms with E-state index in [0.29, 0.717) is 0 Å². The summed E-state index contributed by atoms with van der Waals surface area (Å²) < 4.78 is 60.0. The lowest BCUT2D eigenvalue weighted by molar-refractivity contribution is -0.349. The molecule has 0 aromatic heterocycles. The summed E-state index contributed by atoms with van der Waals surface area (Å²) in [6.45, 7) is 13.8. The van der Waals surface area contributed by atoms with E-state index in [9.17, 15) is 34.0 Å². The Morgan fingerprint density at radius 1 is 0.611 bits per heavy atom. The van der Waals surface area contributed by atoms with Crippen molar-refractivity contribution in [1.29, 1.82) is 5.26 Å². The fourth-order valence-electron chi connectivity index (χ4n) is 6.56. The first kappa shape index (κ1) is 44.9. The van der Waals surface area contributed by atoms with E-state index in [1.807, 2.05) is 19.9 Å². The largest absolute Gasteiger partial charge is 0.463 e. The van der Waals surface area contributed by atoms with E-state index in [1.165, 1.54) is 34.6 Å². The minimum absolute atomic E-state index is 0.0893. The summed E-state index contributed by atoms with van der Waals surface area (Å²) in [5.41, 5.74) is -1.01. The van der Waals surface area contributed by atoms with Crippen molar-refractivity contribution < 1.29 is 76.1 Å². The summed E-state index contributed by atoms with van der Waals surface area (Å²) in [4.78, 5) is 73.7. The fraction of sp³-hybridized carbons (Fsp3) is 0.800. The molecule has 54 heavy (non-hydrogen) atoms. The van der Waals surface area contributed by atoms with Crippen LogP contribution in [0, 0.1) is 29.1 Å². The molecule has 6 unspecified atom stereocenters. The Balaban J connectivity index is 2.21. The molecule has 0 bridgehead atoms. The molecule has 15 atom stereocenters. The van der Waals surface area contributed by atoms with Crippen LogP contribution in [0.4, 0.5) is 0 Å². The maximum absolute atomic E-state index is 12.8. The van der Waals surface area contributed by atoms with Crippen LogP contribution in [-0.2, 0) is 76.1 Å². The van der Waals surface area contributed by atoms with E-state index in [0.717, 1.165) is 18.7 Å². The van der Waals surface area contributed by atoms with Crippen LogP contribution in [0.3, 0.4) is 0 Å². The number of hydrogen-bond donors (Lipinski definition) is 1. The number of nitrogens with one attached hydrogen (secondary N) is 1. The van der Waals surface area contributed by atoms with Crippen LogP contribution in [0.5, 0.6) is 0 Å². The van der Waals surface area contributed by atoms with Crippen molar-refractivity contribution in [3.63, 3.8) is 0 Å². The van der Waals surface area contributed by atoms with Gasteiger partial charge in [0.1, 0.15) is 43.1 Å². The molecular formula is C35H52N2O16S. The van der Waals surface area contributed by atoms with Gasteiger partial charge in [0.25, 0.3) is 0 Å². The molecule has 0 aromatic rings. The molecule has 3 aliphatic rings. The molecule has 3 rings (SSSR count). The van der Waals surface area contributed by atoms with E-state index in [2.05, 4.69) is 5.32 Å². The van der Waals surface area contributed by atoms with E-state index >= 15 is 0 Å². The van der Waals surface area contributed by atoms with Gasteiger partial charge in [-0.15, -0.1) is 11.8 Å². The molecule has 0 aliphatic carbocycles. The van der Waals surface area contributed by atoms with Gasteiger partial charge >= 0.3 is 29.8 Å². The number of thioether (sulfide) groups is 1. The Morgan fingerprint density at radius 2 is 1.13 bits per heavy atom. The van der Waals surface area contributed by atoms with Gasteiger partial charge in [0, 0.05) is 53.4 Å². The van der Waals surface area contributed by atoms with Crippen LogP contribution in [-0.4, -0.2) is 128 Å².